The number of halogens is 2. The highest BCUT2D eigenvalue weighted by atomic mass is 79.9. The maximum Gasteiger partial charge on any atom is 0.0177 e. The van der Waals surface area contributed by atoms with Gasteiger partial charge < -0.3 is 0 Å². The lowest BCUT2D eigenvalue weighted by Gasteiger charge is -2.12. The lowest BCUT2D eigenvalue weighted by atomic mass is 9.97. The molecule has 1 rings (SSSR count). The van der Waals surface area contributed by atoms with Gasteiger partial charge in [-0.3, -0.25) is 0 Å². The van der Waals surface area contributed by atoms with Crippen LogP contribution in [0.25, 0.3) is 0 Å². The largest absolute Gasteiger partial charge is 0.0925 e. The fourth-order valence-electron chi connectivity index (χ4n) is 1.64. The fourth-order valence-corrected chi connectivity index (χ4v) is 2.64. The molecule has 0 radical (unpaired) electrons. The van der Waals surface area contributed by atoms with Gasteiger partial charge in [0, 0.05) is 9.80 Å². The summed E-state index contributed by atoms with van der Waals surface area (Å²) in [5.74, 6) is 0.772. The Balaban J connectivity index is 2.57. The summed E-state index contributed by atoms with van der Waals surface area (Å²) in [4.78, 5) is 0. The second-order valence-electron chi connectivity index (χ2n) is 3.64. The molecule has 1 aromatic carbocycles. The molecule has 0 saturated heterocycles. The Hall–Kier alpha value is 0.180. The average molecular weight is 320 g/mol. The lowest BCUT2D eigenvalue weighted by molar-refractivity contribution is 0.534. The van der Waals surface area contributed by atoms with Crippen molar-refractivity contribution in [2.75, 3.05) is 5.33 Å². The zero-order chi connectivity index (χ0) is 10.4. The summed E-state index contributed by atoms with van der Waals surface area (Å²) >= 11 is 7.08. The van der Waals surface area contributed by atoms with Gasteiger partial charge in [0.1, 0.15) is 0 Å². The smallest absolute Gasteiger partial charge is 0.0177 e. The standard InChI is InChI=1S/C12H16Br2/c1-2-4-11(9-13)7-10-5-3-6-12(14)8-10/h3,5-6,8,11H,2,4,7,9H2,1H3. The molecule has 0 heterocycles. The van der Waals surface area contributed by atoms with Gasteiger partial charge in [-0.05, 0) is 36.5 Å². The van der Waals surface area contributed by atoms with Crippen molar-refractivity contribution in [1.29, 1.82) is 0 Å². The van der Waals surface area contributed by atoms with E-state index in [0.29, 0.717) is 0 Å². The summed E-state index contributed by atoms with van der Waals surface area (Å²) in [7, 11) is 0. The Labute approximate surface area is 103 Å². The van der Waals surface area contributed by atoms with Gasteiger partial charge in [-0.2, -0.15) is 0 Å². The number of hydrogen-bond acceptors (Lipinski definition) is 0. The lowest BCUT2D eigenvalue weighted by Crippen LogP contribution is -2.05. The maximum absolute atomic E-state index is 3.58. The van der Waals surface area contributed by atoms with Crippen molar-refractivity contribution < 1.29 is 0 Å². The number of rotatable bonds is 5. The van der Waals surface area contributed by atoms with Gasteiger partial charge in [-0.15, -0.1) is 0 Å². The minimum atomic E-state index is 0.772. The highest BCUT2D eigenvalue weighted by molar-refractivity contribution is 9.10. The van der Waals surface area contributed by atoms with Crippen molar-refractivity contribution in [3.63, 3.8) is 0 Å². The molecule has 0 saturated carbocycles. The molecule has 0 bridgehead atoms. The highest BCUT2D eigenvalue weighted by Gasteiger charge is 2.06. The molecule has 0 N–H and O–H groups in total. The first-order chi connectivity index (χ1) is 6.76. The Morgan fingerprint density at radius 2 is 2.14 bits per heavy atom. The Morgan fingerprint density at radius 3 is 2.71 bits per heavy atom. The molecule has 0 aliphatic rings. The van der Waals surface area contributed by atoms with E-state index in [1.807, 2.05) is 0 Å². The predicted molar refractivity (Wildman–Crippen MR) is 70.0 cm³/mol. The van der Waals surface area contributed by atoms with Crippen LogP contribution in [0.15, 0.2) is 28.7 Å². The monoisotopic (exact) mass is 318 g/mol. The van der Waals surface area contributed by atoms with Crippen molar-refractivity contribution >= 4 is 31.9 Å². The van der Waals surface area contributed by atoms with Gasteiger partial charge >= 0.3 is 0 Å². The van der Waals surface area contributed by atoms with E-state index in [0.717, 1.165) is 11.2 Å². The van der Waals surface area contributed by atoms with Gasteiger partial charge in [0.25, 0.3) is 0 Å². The van der Waals surface area contributed by atoms with Gasteiger partial charge in [0.15, 0.2) is 0 Å². The highest BCUT2D eigenvalue weighted by Crippen LogP contribution is 2.19. The third-order valence-corrected chi connectivity index (χ3v) is 3.74. The summed E-state index contributed by atoms with van der Waals surface area (Å²) < 4.78 is 1.18. The van der Waals surface area contributed by atoms with E-state index < -0.39 is 0 Å². The van der Waals surface area contributed by atoms with Gasteiger partial charge in [0.05, 0.1) is 0 Å². The minimum absolute atomic E-state index is 0.772. The molecule has 1 atom stereocenters. The first-order valence-electron chi connectivity index (χ1n) is 5.06. The maximum atomic E-state index is 3.58. The molecule has 0 amide bonds. The molecule has 14 heavy (non-hydrogen) atoms. The van der Waals surface area contributed by atoms with E-state index in [4.69, 9.17) is 0 Å². The number of alkyl halides is 1. The quantitative estimate of drug-likeness (QED) is 0.684. The van der Waals surface area contributed by atoms with Crippen LogP contribution in [0.3, 0.4) is 0 Å². The number of benzene rings is 1. The van der Waals surface area contributed by atoms with E-state index in [1.165, 1.54) is 29.3 Å². The van der Waals surface area contributed by atoms with Crippen LogP contribution < -0.4 is 0 Å². The van der Waals surface area contributed by atoms with Gasteiger partial charge in [0.2, 0.25) is 0 Å². The summed E-state index contributed by atoms with van der Waals surface area (Å²) in [6.07, 6.45) is 3.75. The molecule has 0 nitrogen and oxygen atoms in total. The molecule has 78 valence electrons. The molecule has 1 aromatic rings. The van der Waals surface area contributed by atoms with Crippen LogP contribution in [0, 0.1) is 5.92 Å². The Bertz CT molecular complexity index is 271. The molecular formula is C12H16Br2. The van der Waals surface area contributed by atoms with Crippen LogP contribution in [0.2, 0.25) is 0 Å². The van der Waals surface area contributed by atoms with E-state index in [9.17, 15) is 0 Å². The van der Waals surface area contributed by atoms with Crippen molar-refractivity contribution in [3.8, 4) is 0 Å². The van der Waals surface area contributed by atoms with Crippen molar-refractivity contribution in [2.45, 2.75) is 26.2 Å². The van der Waals surface area contributed by atoms with Gasteiger partial charge in [-0.25, -0.2) is 0 Å². The topological polar surface area (TPSA) is 0 Å². The van der Waals surface area contributed by atoms with Crippen LogP contribution in [-0.2, 0) is 6.42 Å². The van der Waals surface area contributed by atoms with E-state index in [2.05, 4.69) is 63.0 Å². The third kappa shape index (κ3) is 4.14. The predicted octanol–water partition coefficient (Wildman–Crippen LogP) is 4.80. The van der Waals surface area contributed by atoms with Crippen molar-refractivity contribution in [2.24, 2.45) is 5.92 Å². The molecule has 2 heteroatoms. The average Bonchev–Trinajstić information content (AvgIpc) is 2.17. The molecule has 0 aromatic heterocycles. The molecular weight excluding hydrogens is 304 g/mol. The zero-order valence-electron chi connectivity index (χ0n) is 8.47. The Kier molecular flexibility index (Phi) is 5.80. The van der Waals surface area contributed by atoms with E-state index >= 15 is 0 Å². The molecule has 0 aliphatic heterocycles. The normalized spacial score (nSPS) is 12.8. The zero-order valence-corrected chi connectivity index (χ0v) is 11.6. The van der Waals surface area contributed by atoms with Crippen molar-refractivity contribution in [1.82, 2.24) is 0 Å². The molecule has 0 spiro atoms. The van der Waals surface area contributed by atoms with Crippen LogP contribution in [0.5, 0.6) is 0 Å². The summed E-state index contributed by atoms with van der Waals surface area (Å²) in [6.45, 7) is 2.25. The minimum Gasteiger partial charge on any atom is -0.0925 e. The molecule has 1 unspecified atom stereocenters. The summed E-state index contributed by atoms with van der Waals surface area (Å²) in [5, 5.41) is 1.10. The second-order valence-corrected chi connectivity index (χ2v) is 5.21. The summed E-state index contributed by atoms with van der Waals surface area (Å²) in [6, 6.07) is 8.60. The van der Waals surface area contributed by atoms with Crippen LogP contribution in [0.4, 0.5) is 0 Å². The first-order valence-corrected chi connectivity index (χ1v) is 6.98. The van der Waals surface area contributed by atoms with Crippen LogP contribution >= 0.6 is 31.9 Å². The summed E-state index contributed by atoms with van der Waals surface area (Å²) in [5.41, 5.74) is 1.43. The third-order valence-electron chi connectivity index (χ3n) is 2.33. The van der Waals surface area contributed by atoms with Crippen LogP contribution in [0.1, 0.15) is 25.3 Å². The fraction of sp³-hybridized carbons (Fsp3) is 0.500. The van der Waals surface area contributed by atoms with Crippen molar-refractivity contribution in [3.05, 3.63) is 34.3 Å². The van der Waals surface area contributed by atoms with Gasteiger partial charge in [-0.1, -0.05) is 57.3 Å². The second kappa shape index (κ2) is 6.62. The number of hydrogen-bond donors (Lipinski definition) is 0. The van der Waals surface area contributed by atoms with E-state index in [-0.39, 0.29) is 0 Å². The SMILES string of the molecule is CCCC(CBr)Cc1cccc(Br)c1. The molecule has 0 aliphatic carbocycles. The Morgan fingerprint density at radius 1 is 1.36 bits per heavy atom. The van der Waals surface area contributed by atoms with E-state index in [1.54, 1.807) is 0 Å². The van der Waals surface area contributed by atoms with Crippen LogP contribution in [-0.4, -0.2) is 5.33 Å². The molecule has 0 fully saturated rings. The first kappa shape index (κ1) is 12.3.